The molecule has 1 aromatic carbocycles. The second-order valence-electron chi connectivity index (χ2n) is 4.46. The molecule has 19 heavy (non-hydrogen) atoms. The van der Waals surface area contributed by atoms with Gasteiger partial charge in [0, 0.05) is 20.0 Å². The van der Waals surface area contributed by atoms with E-state index in [2.05, 4.69) is 0 Å². The molecule has 0 spiro atoms. The molecule has 0 saturated carbocycles. The van der Waals surface area contributed by atoms with Crippen molar-refractivity contribution in [1.29, 1.82) is 0 Å². The summed E-state index contributed by atoms with van der Waals surface area (Å²) in [6.45, 7) is 1.82. The number of carbonyl (C=O) groups excluding carboxylic acids is 2. The first kappa shape index (κ1) is 13.4. The number of likely N-dealkylation sites (N-methyl/N-ethyl adjacent to an activating group) is 1. The molecule has 0 unspecified atom stereocenters. The van der Waals surface area contributed by atoms with Gasteiger partial charge in [-0.25, -0.2) is 0 Å². The molecule has 5 heteroatoms. The summed E-state index contributed by atoms with van der Waals surface area (Å²) in [6.07, 6.45) is 1.88. The van der Waals surface area contributed by atoms with Crippen molar-refractivity contribution in [2.45, 2.75) is 12.8 Å². The average Bonchev–Trinajstić information content (AvgIpc) is 2.68. The van der Waals surface area contributed by atoms with Crippen molar-refractivity contribution in [3.63, 3.8) is 0 Å². The van der Waals surface area contributed by atoms with E-state index in [0.717, 1.165) is 23.5 Å². The Morgan fingerprint density at radius 1 is 1.32 bits per heavy atom. The van der Waals surface area contributed by atoms with Crippen LogP contribution in [0.1, 0.15) is 12.0 Å². The Hall–Kier alpha value is -2.04. The van der Waals surface area contributed by atoms with E-state index in [4.69, 9.17) is 9.47 Å². The highest BCUT2D eigenvalue weighted by atomic mass is 16.5. The van der Waals surface area contributed by atoms with Gasteiger partial charge in [0.15, 0.2) is 11.5 Å². The molecular formula is C14H17NO4. The molecule has 1 heterocycles. The van der Waals surface area contributed by atoms with Crippen LogP contribution in [-0.2, 0) is 16.0 Å². The largest absolute Gasteiger partial charge is 0.490 e. The first-order valence-electron chi connectivity index (χ1n) is 6.29. The lowest BCUT2D eigenvalue weighted by Crippen LogP contribution is -2.29. The number of hydrogen-bond donors (Lipinski definition) is 0. The van der Waals surface area contributed by atoms with Crippen LogP contribution in [-0.4, -0.2) is 43.9 Å². The lowest BCUT2D eigenvalue weighted by Gasteiger charge is -2.14. The van der Waals surface area contributed by atoms with E-state index in [1.54, 1.807) is 7.05 Å². The summed E-state index contributed by atoms with van der Waals surface area (Å²) in [5.74, 6) is 1.01. The number of fused-ring (bicyclic) bond motifs is 1. The van der Waals surface area contributed by atoms with Crippen LogP contribution < -0.4 is 9.47 Å². The number of carbonyl (C=O) groups is 2. The second-order valence-corrected chi connectivity index (χ2v) is 4.46. The Balaban J connectivity index is 2.00. The standard InChI is InChI=1S/C14H17NO4/c1-15(14(17)10-16)6-5-11-3-4-12-13(9-11)19-8-2-7-18-12/h3-4,9-10H,2,5-8H2,1H3. The molecule has 1 aliphatic heterocycles. The minimum absolute atomic E-state index is 0.327. The summed E-state index contributed by atoms with van der Waals surface area (Å²) < 4.78 is 11.2. The van der Waals surface area contributed by atoms with Gasteiger partial charge in [-0.3, -0.25) is 9.59 Å². The van der Waals surface area contributed by atoms with Crippen molar-refractivity contribution in [1.82, 2.24) is 4.90 Å². The van der Waals surface area contributed by atoms with Crippen molar-refractivity contribution in [3.8, 4) is 11.5 Å². The van der Waals surface area contributed by atoms with E-state index < -0.39 is 5.91 Å². The summed E-state index contributed by atoms with van der Waals surface area (Å²) >= 11 is 0. The van der Waals surface area contributed by atoms with E-state index in [0.29, 0.717) is 32.5 Å². The van der Waals surface area contributed by atoms with Crippen LogP contribution in [0.15, 0.2) is 18.2 Å². The molecule has 0 aliphatic carbocycles. The molecule has 0 radical (unpaired) electrons. The molecular weight excluding hydrogens is 246 g/mol. The van der Waals surface area contributed by atoms with Crippen LogP contribution >= 0.6 is 0 Å². The quantitative estimate of drug-likeness (QED) is 0.602. The number of aldehydes is 1. The van der Waals surface area contributed by atoms with E-state index in [-0.39, 0.29) is 0 Å². The van der Waals surface area contributed by atoms with Gasteiger partial charge in [0.2, 0.25) is 6.29 Å². The third kappa shape index (κ3) is 3.47. The predicted octanol–water partition coefficient (Wildman–Crippen LogP) is 1.05. The molecule has 0 N–H and O–H groups in total. The molecule has 0 fully saturated rings. The Labute approximate surface area is 112 Å². The Kier molecular flexibility index (Phi) is 4.39. The zero-order valence-electron chi connectivity index (χ0n) is 10.9. The first-order chi connectivity index (χ1) is 9.20. The highest BCUT2D eigenvalue weighted by Crippen LogP contribution is 2.30. The van der Waals surface area contributed by atoms with Gasteiger partial charge in [-0.15, -0.1) is 0 Å². The highest BCUT2D eigenvalue weighted by Gasteiger charge is 2.11. The first-order valence-corrected chi connectivity index (χ1v) is 6.29. The fourth-order valence-corrected chi connectivity index (χ4v) is 1.86. The van der Waals surface area contributed by atoms with Gasteiger partial charge in [-0.1, -0.05) is 6.07 Å². The van der Waals surface area contributed by atoms with Gasteiger partial charge < -0.3 is 14.4 Å². The highest BCUT2D eigenvalue weighted by molar-refractivity contribution is 6.23. The monoisotopic (exact) mass is 263 g/mol. The van der Waals surface area contributed by atoms with Gasteiger partial charge in [-0.05, 0) is 24.1 Å². The molecule has 1 aliphatic rings. The molecule has 0 atom stereocenters. The topological polar surface area (TPSA) is 55.8 Å². The number of nitrogens with zero attached hydrogens (tertiary/aromatic N) is 1. The van der Waals surface area contributed by atoms with Gasteiger partial charge in [0.1, 0.15) is 0 Å². The minimum atomic E-state index is -0.505. The number of ether oxygens (including phenoxy) is 2. The maximum atomic E-state index is 11.1. The molecule has 0 saturated heterocycles. The number of hydrogen-bond acceptors (Lipinski definition) is 4. The second kappa shape index (κ2) is 6.22. The lowest BCUT2D eigenvalue weighted by atomic mass is 10.1. The smallest absolute Gasteiger partial charge is 0.286 e. The van der Waals surface area contributed by atoms with E-state index in [9.17, 15) is 9.59 Å². The Bertz CT molecular complexity index is 473. The van der Waals surface area contributed by atoms with Crippen LogP contribution in [0.5, 0.6) is 11.5 Å². The van der Waals surface area contributed by atoms with E-state index >= 15 is 0 Å². The molecule has 0 aromatic heterocycles. The average molecular weight is 263 g/mol. The van der Waals surface area contributed by atoms with Crippen molar-refractivity contribution in [3.05, 3.63) is 23.8 Å². The van der Waals surface area contributed by atoms with Crippen LogP contribution in [0.25, 0.3) is 0 Å². The molecule has 2 rings (SSSR count). The van der Waals surface area contributed by atoms with Crippen molar-refractivity contribution < 1.29 is 19.1 Å². The van der Waals surface area contributed by atoms with Crippen LogP contribution in [0.4, 0.5) is 0 Å². The van der Waals surface area contributed by atoms with Gasteiger partial charge in [0.05, 0.1) is 13.2 Å². The molecule has 0 bridgehead atoms. The summed E-state index contributed by atoms with van der Waals surface area (Å²) in [5, 5.41) is 0. The maximum Gasteiger partial charge on any atom is 0.286 e. The van der Waals surface area contributed by atoms with Crippen molar-refractivity contribution in [2.75, 3.05) is 26.8 Å². The lowest BCUT2D eigenvalue weighted by molar-refractivity contribution is -0.137. The Morgan fingerprint density at radius 2 is 2.05 bits per heavy atom. The normalized spacial score (nSPS) is 13.5. The van der Waals surface area contributed by atoms with Gasteiger partial charge in [0.25, 0.3) is 5.91 Å². The number of amides is 1. The predicted molar refractivity (Wildman–Crippen MR) is 69.5 cm³/mol. The number of rotatable bonds is 4. The number of benzene rings is 1. The molecule has 5 nitrogen and oxygen atoms in total. The van der Waals surface area contributed by atoms with Crippen LogP contribution in [0.2, 0.25) is 0 Å². The molecule has 1 aromatic rings. The summed E-state index contributed by atoms with van der Waals surface area (Å²) in [6, 6.07) is 5.77. The van der Waals surface area contributed by atoms with E-state index in [1.807, 2.05) is 18.2 Å². The van der Waals surface area contributed by atoms with Crippen LogP contribution in [0, 0.1) is 0 Å². The summed E-state index contributed by atoms with van der Waals surface area (Å²) in [4.78, 5) is 22.9. The minimum Gasteiger partial charge on any atom is -0.490 e. The van der Waals surface area contributed by atoms with Crippen LogP contribution in [0.3, 0.4) is 0 Å². The van der Waals surface area contributed by atoms with Gasteiger partial charge >= 0.3 is 0 Å². The van der Waals surface area contributed by atoms with Gasteiger partial charge in [-0.2, -0.15) is 0 Å². The fraction of sp³-hybridized carbons (Fsp3) is 0.429. The zero-order valence-corrected chi connectivity index (χ0v) is 10.9. The molecule has 102 valence electrons. The third-order valence-electron chi connectivity index (χ3n) is 3.02. The fourth-order valence-electron chi connectivity index (χ4n) is 1.86. The van der Waals surface area contributed by atoms with Crippen molar-refractivity contribution in [2.24, 2.45) is 0 Å². The third-order valence-corrected chi connectivity index (χ3v) is 3.02. The Morgan fingerprint density at radius 3 is 2.79 bits per heavy atom. The summed E-state index contributed by atoms with van der Waals surface area (Å²) in [5.41, 5.74) is 1.05. The maximum absolute atomic E-state index is 11.1. The van der Waals surface area contributed by atoms with Crippen molar-refractivity contribution >= 4 is 12.2 Å². The SMILES string of the molecule is CN(CCc1ccc2c(c1)OCCCO2)C(=O)C=O. The summed E-state index contributed by atoms with van der Waals surface area (Å²) in [7, 11) is 1.61. The zero-order chi connectivity index (χ0) is 13.7. The van der Waals surface area contributed by atoms with E-state index in [1.165, 1.54) is 4.90 Å². The molecule has 1 amide bonds.